The number of fused-ring (bicyclic) bond motifs is 2. The van der Waals surface area contributed by atoms with Crippen molar-refractivity contribution in [3.8, 4) is 0 Å². The van der Waals surface area contributed by atoms with E-state index in [2.05, 4.69) is 31.0 Å². The summed E-state index contributed by atoms with van der Waals surface area (Å²) in [6.45, 7) is 11.0. The third-order valence-corrected chi connectivity index (χ3v) is 6.19. The van der Waals surface area contributed by atoms with Crippen LogP contribution in [-0.4, -0.2) is 36.6 Å². The van der Waals surface area contributed by atoms with Gasteiger partial charge in [-0.3, -0.25) is 4.90 Å². The first kappa shape index (κ1) is 14.8. The Labute approximate surface area is 125 Å². The molecule has 0 radical (unpaired) electrons. The highest BCUT2D eigenvalue weighted by atomic mass is 15.2. The second kappa shape index (κ2) is 6.36. The van der Waals surface area contributed by atoms with Crippen LogP contribution in [0.2, 0.25) is 0 Å². The van der Waals surface area contributed by atoms with Gasteiger partial charge >= 0.3 is 0 Å². The zero-order valence-electron chi connectivity index (χ0n) is 13.8. The Morgan fingerprint density at radius 2 is 2.05 bits per heavy atom. The molecule has 2 aliphatic carbocycles. The van der Waals surface area contributed by atoms with E-state index >= 15 is 0 Å². The maximum atomic E-state index is 3.80. The lowest BCUT2D eigenvalue weighted by atomic mass is 9.87. The highest BCUT2D eigenvalue weighted by molar-refractivity contribution is 4.94. The maximum absolute atomic E-state index is 3.80. The molecule has 20 heavy (non-hydrogen) atoms. The molecule has 0 aromatic rings. The number of hydrogen-bond donors (Lipinski definition) is 1. The van der Waals surface area contributed by atoms with Crippen molar-refractivity contribution in [1.82, 2.24) is 10.2 Å². The van der Waals surface area contributed by atoms with E-state index in [1.807, 2.05) is 0 Å². The van der Waals surface area contributed by atoms with Gasteiger partial charge in [0, 0.05) is 31.7 Å². The molecule has 116 valence electrons. The highest BCUT2D eigenvalue weighted by Crippen LogP contribution is 2.48. The Bertz CT molecular complexity index is 315. The quantitative estimate of drug-likeness (QED) is 0.828. The fraction of sp³-hybridized carbons (Fsp3) is 1.00. The third-order valence-electron chi connectivity index (χ3n) is 6.19. The molecule has 2 saturated carbocycles. The van der Waals surface area contributed by atoms with Crippen molar-refractivity contribution >= 4 is 0 Å². The average molecular weight is 278 g/mol. The van der Waals surface area contributed by atoms with Crippen LogP contribution < -0.4 is 5.32 Å². The SMILES string of the molecule is CCC1CNC(CC(C)C)CN1CC1CC2CCC1C2. The number of rotatable bonds is 5. The van der Waals surface area contributed by atoms with Crippen LogP contribution in [0.3, 0.4) is 0 Å². The van der Waals surface area contributed by atoms with Crippen LogP contribution in [0.4, 0.5) is 0 Å². The second-order valence-electron chi connectivity index (χ2n) is 8.19. The van der Waals surface area contributed by atoms with Crippen molar-refractivity contribution in [1.29, 1.82) is 0 Å². The molecule has 3 aliphatic rings. The molecule has 0 aromatic heterocycles. The molecular weight excluding hydrogens is 244 g/mol. The van der Waals surface area contributed by atoms with Gasteiger partial charge < -0.3 is 5.32 Å². The molecular formula is C18H34N2. The Balaban J connectivity index is 1.56. The Kier molecular flexibility index (Phi) is 4.72. The highest BCUT2D eigenvalue weighted by Gasteiger charge is 2.41. The van der Waals surface area contributed by atoms with Crippen LogP contribution in [0.15, 0.2) is 0 Å². The molecule has 5 unspecified atom stereocenters. The Morgan fingerprint density at radius 3 is 2.65 bits per heavy atom. The van der Waals surface area contributed by atoms with Crippen LogP contribution in [0.5, 0.6) is 0 Å². The first-order chi connectivity index (χ1) is 9.65. The van der Waals surface area contributed by atoms with E-state index in [9.17, 15) is 0 Å². The minimum Gasteiger partial charge on any atom is -0.311 e. The van der Waals surface area contributed by atoms with E-state index in [0.717, 1.165) is 35.8 Å². The molecule has 0 spiro atoms. The first-order valence-corrected chi connectivity index (χ1v) is 9.13. The Morgan fingerprint density at radius 1 is 1.20 bits per heavy atom. The maximum Gasteiger partial charge on any atom is 0.0218 e. The zero-order chi connectivity index (χ0) is 14.1. The van der Waals surface area contributed by atoms with Gasteiger partial charge in [0.2, 0.25) is 0 Å². The van der Waals surface area contributed by atoms with Crippen molar-refractivity contribution in [2.75, 3.05) is 19.6 Å². The lowest BCUT2D eigenvalue weighted by Crippen LogP contribution is -2.57. The predicted octanol–water partition coefficient (Wildman–Crippen LogP) is 3.52. The largest absolute Gasteiger partial charge is 0.311 e. The molecule has 2 nitrogen and oxygen atoms in total. The minimum absolute atomic E-state index is 0.733. The molecule has 1 N–H and O–H groups in total. The minimum atomic E-state index is 0.733. The number of nitrogens with one attached hydrogen (secondary N) is 1. The van der Waals surface area contributed by atoms with E-state index in [4.69, 9.17) is 0 Å². The van der Waals surface area contributed by atoms with Gasteiger partial charge in [-0.15, -0.1) is 0 Å². The summed E-state index contributed by atoms with van der Waals surface area (Å²) in [7, 11) is 0. The first-order valence-electron chi connectivity index (χ1n) is 9.13. The monoisotopic (exact) mass is 278 g/mol. The topological polar surface area (TPSA) is 15.3 Å². The van der Waals surface area contributed by atoms with E-state index in [1.54, 1.807) is 12.8 Å². The fourth-order valence-electron chi connectivity index (χ4n) is 5.18. The second-order valence-corrected chi connectivity index (χ2v) is 8.19. The van der Waals surface area contributed by atoms with Crippen LogP contribution in [0.1, 0.15) is 59.3 Å². The molecule has 2 heteroatoms. The number of hydrogen-bond acceptors (Lipinski definition) is 2. The molecule has 1 aliphatic heterocycles. The summed E-state index contributed by atoms with van der Waals surface area (Å²) in [5.41, 5.74) is 0. The van der Waals surface area contributed by atoms with Gasteiger partial charge in [0.15, 0.2) is 0 Å². The van der Waals surface area contributed by atoms with Gasteiger partial charge in [-0.25, -0.2) is 0 Å². The number of nitrogens with zero attached hydrogens (tertiary/aromatic N) is 1. The van der Waals surface area contributed by atoms with Gasteiger partial charge in [-0.1, -0.05) is 27.2 Å². The van der Waals surface area contributed by atoms with Crippen LogP contribution >= 0.6 is 0 Å². The lowest BCUT2D eigenvalue weighted by molar-refractivity contribution is 0.0869. The van der Waals surface area contributed by atoms with E-state index < -0.39 is 0 Å². The average Bonchev–Trinajstić information content (AvgIpc) is 3.00. The molecule has 0 aromatic carbocycles. The van der Waals surface area contributed by atoms with Crippen molar-refractivity contribution in [2.24, 2.45) is 23.7 Å². The third kappa shape index (κ3) is 3.22. The summed E-state index contributed by atoms with van der Waals surface area (Å²) in [5.74, 6) is 4.02. The molecule has 2 bridgehead atoms. The number of piperazine rings is 1. The summed E-state index contributed by atoms with van der Waals surface area (Å²) in [4.78, 5) is 2.86. The van der Waals surface area contributed by atoms with Gasteiger partial charge in [0.25, 0.3) is 0 Å². The van der Waals surface area contributed by atoms with Crippen molar-refractivity contribution in [3.05, 3.63) is 0 Å². The van der Waals surface area contributed by atoms with Crippen LogP contribution in [0, 0.1) is 23.7 Å². The fourth-order valence-corrected chi connectivity index (χ4v) is 5.18. The van der Waals surface area contributed by atoms with Crippen molar-refractivity contribution < 1.29 is 0 Å². The summed E-state index contributed by atoms with van der Waals surface area (Å²) >= 11 is 0. The van der Waals surface area contributed by atoms with Gasteiger partial charge in [0.1, 0.15) is 0 Å². The van der Waals surface area contributed by atoms with Crippen molar-refractivity contribution in [3.63, 3.8) is 0 Å². The molecule has 5 atom stereocenters. The predicted molar refractivity (Wildman–Crippen MR) is 85.8 cm³/mol. The normalized spacial score (nSPS) is 41.7. The standard InChI is InChI=1S/C18H34N2/c1-4-18-10-19-17(7-13(2)3)12-20(18)11-16-9-14-5-6-15(16)8-14/h13-19H,4-12H2,1-3H3. The molecule has 3 fully saturated rings. The molecule has 1 heterocycles. The van der Waals surface area contributed by atoms with E-state index in [0.29, 0.717) is 0 Å². The van der Waals surface area contributed by atoms with Gasteiger partial charge in [0.05, 0.1) is 0 Å². The van der Waals surface area contributed by atoms with Crippen LogP contribution in [0.25, 0.3) is 0 Å². The molecule has 3 rings (SSSR count). The summed E-state index contributed by atoms with van der Waals surface area (Å²) in [6.07, 6.45) is 8.82. The Hall–Kier alpha value is -0.0800. The molecule has 1 saturated heterocycles. The summed E-state index contributed by atoms with van der Waals surface area (Å²) in [6, 6.07) is 1.52. The van der Waals surface area contributed by atoms with Gasteiger partial charge in [-0.2, -0.15) is 0 Å². The van der Waals surface area contributed by atoms with Crippen LogP contribution in [-0.2, 0) is 0 Å². The molecule has 0 amide bonds. The lowest BCUT2D eigenvalue weighted by Gasteiger charge is -2.43. The summed E-state index contributed by atoms with van der Waals surface area (Å²) < 4.78 is 0. The zero-order valence-corrected chi connectivity index (χ0v) is 13.8. The van der Waals surface area contributed by atoms with E-state index in [1.165, 1.54) is 45.3 Å². The smallest absolute Gasteiger partial charge is 0.0218 e. The van der Waals surface area contributed by atoms with Crippen molar-refractivity contribution in [2.45, 2.75) is 71.4 Å². The summed E-state index contributed by atoms with van der Waals surface area (Å²) in [5, 5.41) is 3.80. The van der Waals surface area contributed by atoms with Gasteiger partial charge in [-0.05, 0) is 55.8 Å². The van der Waals surface area contributed by atoms with E-state index in [-0.39, 0.29) is 0 Å².